The van der Waals surface area contributed by atoms with Crippen LogP contribution in [0.15, 0.2) is 0 Å². The van der Waals surface area contributed by atoms with Gasteiger partial charge >= 0.3 is 0 Å². The van der Waals surface area contributed by atoms with E-state index in [2.05, 4.69) is 27.7 Å². The van der Waals surface area contributed by atoms with Crippen LogP contribution < -0.4 is 0 Å². The van der Waals surface area contributed by atoms with Crippen LogP contribution in [0.3, 0.4) is 0 Å². The zero-order valence-electron chi connectivity index (χ0n) is 15.6. The summed E-state index contributed by atoms with van der Waals surface area (Å²) < 4.78 is 17.6. The first-order valence-corrected chi connectivity index (χ1v) is 9.55. The molecule has 22 heavy (non-hydrogen) atoms. The second-order valence-corrected chi connectivity index (χ2v) is 6.23. The zero-order chi connectivity index (χ0) is 16.5. The summed E-state index contributed by atoms with van der Waals surface area (Å²) in [7, 11) is 0. The summed E-state index contributed by atoms with van der Waals surface area (Å²) in [5.74, 6) is 0.675. The predicted molar refractivity (Wildman–Crippen MR) is 94.5 cm³/mol. The van der Waals surface area contributed by atoms with Gasteiger partial charge in [-0.2, -0.15) is 0 Å². The molecule has 0 heterocycles. The highest BCUT2D eigenvalue weighted by Crippen LogP contribution is 2.14. The molecule has 0 fully saturated rings. The largest absolute Gasteiger partial charge is 0.379 e. The predicted octanol–water partition coefficient (Wildman–Crippen LogP) is 5.22. The van der Waals surface area contributed by atoms with Gasteiger partial charge in [0.25, 0.3) is 0 Å². The first-order valence-electron chi connectivity index (χ1n) is 9.55. The van der Waals surface area contributed by atoms with E-state index >= 15 is 0 Å². The fraction of sp³-hybridized carbons (Fsp3) is 1.00. The highest BCUT2D eigenvalue weighted by molar-refractivity contribution is 4.61. The van der Waals surface area contributed by atoms with Crippen molar-refractivity contribution in [3.05, 3.63) is 0 Å². The molecule has 0 aliphatic rings. The Kier molecular flexibility index (Phi) is 17.1. The molecule has 1 atom stereocenters. The van der Waals surface area contributed by atoms with E-state index in [0.29, 0.717) is 19.1 Å². The molecule has 0 amide bonds. The molecule has 1 unspecified atom stereocenters. The molecule has 0 aromatic carbocycles. The van der Waals surface area contributed by atoms with Gasteiger partial charge in [0.05, 0.1) is 13.2 Å². The molecule has 0 spiro atoms. The summed E-state index contributed by atoms with van der Waals surface area (Å²) in [6, 6.07) is 0. The Morgan fingerprint density at radius 3 is 1.68 bits per heavy atom. The third-order valence-corrected chi connectivity index (χ3v) is 4.00. The topological polar surface area (TPSA) is 27.7 Å². The number of hydrogen-bond donors (Lipinski definition) is 0. The molecule has 134 valence electrons. The molecule has 0 rings (SSSR count). The average Bonchev–Trinajstić information content (AvgIpc) is 2.54. The van der Waals surface area contributed by atoms with E-state index in [1.54, 1.807) is 0 Å². The average molecular weight is 317 g/mol. The summed E-state index contributed by atoms with van der Waals surface area (Å²) in [4.78, 5) is 0. The maximum absolute atomic E-state index is 6.10. The van der Waals surface area contributed by atoms with Crippen LogP contribution in [0.1, 0.15) is 79.1 Å². The van der Waals surface area contributed by atoms with Gasteiger partial charge in [-0.25, -0.2) is 0 Å². The second kappa shape index (κ2) is 17.2. The van der Waals surface area contributed by atoms with E-state index in [1.165, 1.54) is 38.5 Å². The summed E-state index contributed by atoms with van der Waals surface area (Å²) in [5.41, 5.74) is 0. The highest BCUT2D eigenvalue weighted by Gasteiger charge is 2.13. The van der Waals surface area contributed by atoms with Crippen molar-refractivity contribution in [3.8, 4) is 0 Å². The summed E-state index contributed by atoms with van der Waals surface area (Å²) in [6.45, 7) is 12.7. The van der Waals surface area contributed by atoms with Crippen molar-refractivity contribution >= 4 is 0 Å². The van der Waals surface area contributed by atoms with E-state index < -0.39 is 0 Å². The lowest BCUT2D eigenvalue weighted by Crippen LogP contribution is -2.28. The molecule has 0 saturated carbocycles. The number of ether oxygens (including phenoxy) is 3. The van der Waals surface area contributed by atoms with Crippen LogP contribution >= 0.6 is 0 Å². The van der Waals surface area contributed by atoms with Crippen molar-refractivity contribution in [2.75, 3.05) is 33.0 Å². The van der Waals surface area contributed by atoms with Crippen LogP contribution in [0.5, 0.6) is 0 Å². The molecule has 0 aromatic heterocycles. The zero-order valence-corrected chi connectivity index (χ0v) is 15.6. The van der Waals surface area contributed by atoms with Crippen LogP contribution in [0, 0.1) is 5.92 Å². The Hall–Kier alpha value is -0.120. The lowest BCUT2D eigenvalue weighted by Gasteiger charge is -2.22. The molecule has 0 saturated heterocycles. The Morgan fingerprint density at radius 1 is 0.682 bits per heavy atom. The Morgan fingerprint density at radius 2 is 1.23 bits per heavy atom. The van der Waals surface area contributed by atoms with E-state index in [0.717, 1.165) is 32.7 Å². The normalized spacial score (nSPS) is 13.0. The minimum atomic E-state index is 0.0874. The van der Waals surface area contributed by atoms with Gasteiger partial charge in [-0.05, 0) is 25.2 Å². The fourth-order valence-corrected chi connectivity index (χ4v) is 2.24. The van der Waals surface area contributed by atoms with Gasteiger partial charge in [0.15, 0.2) is 0 Å². The molecule has 0 bridgehead atoms. The first kappa shape index (κ1) is 21.9. The van der Waals surface area contributed by atoms with Gasteiger partial charge in [0.1, 0.15) is 6.10 Å². The van der Waals surface area contributed by atoms with Gasteiger partial charge < -0.3 is 14.2 Å². The SMILES string of the molecule is CCCCOCC(COCCCC)OCC(CC)CCCC. The summed E-state index contributed by atoms with van der Waals surface area (Å²) in [6.07, 6.45) is 9.71. The number of rotatable bonds is 17. The van der Waals surface area contributed by atoms with Crippen molar-refractivity contribution in [1.29, 1.82) is 0 Å². The maximum Gasteiger partial charge on any atom is 0.104 e. The molecule has 0 radical (unpaired) electrons. The molecular weight excluding hydrogens is 276 g/mol. The smallest absolute Gasteiger partial charge is 0.104 e. The standard InChI is InChI=1S/C19H40O3/c1-5-9-12-18(8-4)15-22-19(16-20-13-10-6-2)17-21-14-11-7-3/h18-19H,5-17H2,1-4H3. The van der Waals surface area contributed by atoms with E-state index in [1.807, 2.05) is 0 Å². The van der Waals surface area contributed by atoms with Gasteiger partial charge in [0, 0.05) is 19.8 Å². The van der Waals surface area contributed by atoms with Crippen LogP contribution in [-0.2, 0) is 14.2 Å². The van der Waals surface area contributed by atoms with Crippen molar-refractivity contribution < 1.29 is 14.2 Å². The van der Waals surface area contributed by atoms with E-state index in [4.69, 9.17) is 14.2 Å². The Bertz CT molecular complexity index is 197. The lowest BCUT2D eigenvalue weighted by atomic mass is 10.0. The van der Waals surface area contributed by atoms with Crippen LogP contribution in [-0.4, -0.2) is 39.1 Å². The van der Waals surface area contributed by atoms with Crippen LogP contribution in [0.25, 0.3) is 0 Å². The van der Waals surface area contributed by atoms with Gasteiger partial charge in [-0.1, -0.05) is 59.8 Å². The molecule has 0 aliphatic carbocycles. The van der Waals surface area contributed by atoms with Crippen molar-refractivity contribution in [3.63, 3.8) is 0 Å². The molecule has 0 aliphatic heterocycles. The molecule has 3 heteroatoms. The third-order valence-electron chi connectivity index (χ3n) is 4.00. The quantitative estimate of drug-likeness (QED) is 0.344. The van der Waals surface area contributed by atoms with E-state index in [-0.39, 0.29) is 6.10 Å². The highest BCUT2D eigenvalue weighted by atomic mass is 16.6. The van der Waals surface area contributed by atoms with Gasteiger partial charge in [-0.3, -0.25) is 0 Å². The Balaban J connectivity index is 4.01. The molecule has 3 nitrogen and oxygen atoms in total. The molecule has 0 aromatic rings. The van der Waals surface area contributed by atoms with Gasteiger partial charge in [0.2, 0.25) is 0 Å². The molecule has 0 N–H and O–H groups in total. The van der Waals surface area contributed by atoms with Gasteiger partial charge in [-0.15, -0.1) is 0 Å². The number of hydrogen-bond acceptors (Lipinski definition) is 3. The lowest BCUT2D eigenvalue weighted by molar-refractivity contribution is -0.0706. The van der Waals surface area contributed by atoms with Crippen molar-refractivity contribution in [2.24, 2.45) is 5.92 Å². The second-order valence-electron chi connectivity index (χ2n) is 6.23. The molecular formula is C19H40O3. The minimum absolute atomic E-state index is 0.0874. The minimum Gasteiger partial charge on any atom is -0.379 e. The maximum atomic E-state index is 6.10. The van der Waals surface area contributed by atoms with Crippen LogP contribution in [0.2, 0.25) is 0 Å². The van der Waals surface area contributed by atoms with Crippen LogP contribution in [0.4, 0.5) is 0 Å². The Labute approximate surface area is 139 Å². The number of unbranched alkanes of at least 4 members (excludes halogenated alkanes) is 3. The first-order chi connectivity index (χ1) is 10.8. The summed E-state index contributed by atoms with van der Waals surface area (Å²) in [5, 5.41) is 0. The fourth-order valence-electron chi connectivity index (χ4n) is 2.24. The van der Waals surface area contributed by atoms with E-state index in [9.17, 15) is 0 Å². The van der Waals surface area contributed by atoms with Crippen molar-refractivity contribution in [2.45, 2.75) is 85.2 Å². The summed E-state index contributed by atoms with van der Waals surface area (Å²) >= 11 is 0. The van der Waals surface area contributed by atoms with Crippen molar-refractivity contribution in [1.82, 2.24) is 0 Å². The monoisotopic (exact) mass is 316 g/mol. The third kappa shape index (κ3) is 13.5.